The second-order valence-electron chi connectivity index (χ2n) is 9.11. The molecule has 6 heteroatoms. The Bertz CT molecular complexity index is 991. The largest absolute Gasteiger partial charge is 0.496 e. The summed E-state index contributed by atoms with van der Waals surface area (Å²) in [6, 6.07) is 10.7. The van der Waals surface area contributed by atoms with Gasteiger partial charge in [0.15, 0.2) is 0 Å². The van der Waals surface area contributed by atoms with E-state index in [1.54, 1.807) is 19.2 Å². The van der Waals surface area contributed by atoms with Crippen LogP contribution in [0.5, 0.6) is 5.75 Å². The van der Waals surface area contributed by atoms with Gasteiger partial charge in [-0.15, -0.1) is 0 Å². The lowest BCUT2D eigenvalue weighted by molar-refractivity contribution is -0.149. The zero-order valence-electron chi connectivity index (χ0n) is 17.0. The average molecular weight is 416 g/mol. The Kier molecular flexibility index (Phi) is 4.84. The minimum atomic E-state index is -3.72. The molecule has 4 aliphatic rings. The van der Waals surface area contributed by atoms with Crippen LogP contribution in [0.25, 0.3) is 10.8 Å². The maximum Gasteiger partial charge on any atom is 0.243 e. The molecule has 4 aliphatic carbocycles. The van der Waals surface area contributed by atoms with Gasteiger partial charge in [-0.3, -0.25) is 0 Å². The summed E-state index contributed by atoms with van der Waals surface area (Å²) in [7, 11) is -2.13. The van der Waals surface area contributed by atoms with E-state index in [4.69, 9.17) is 9.47 Å². The van der Waals surface area contributed by atoms with Crippen LogP contribution in [0, 0.1) is 23.7 Å². The van der Waals surface area contributed by atoms with Crippen LogP contribution in [0.2, 0.25) is 0 Å². The van der Waals surface area contributed by atoms with Gasteiger partial charge in [0, 0.05) is 10.8 Å². The highest BCUT2D eigenvalue weighted by atomic mass is 32.2. The summed E-state index contributed by atoms with van der Waals surface area (Å²) in [6.45, 7) is 1.81. The Hall–Kier alpha value is -1.63. The van der Waals surface area contributed by atoms with Gasteiger partial charge in [0.05, 0.1) is 18.1 Å². The van der Waals surface area contributed by atoms with E-state index in [9.17, 15) is 8.42 Å². The van der Waals surface area contributed by atoms with E-state index in [-0.39, 0.29) is 11.0 Å². The van der Waals surface area contributed by atoms with Crippen LogP contribution in [-0.4, -0.2) is 27.9 Å². The third-order valence-corrected chi connectivity index (χ3v) is 8.75. The molecule has 6 rings (SSSR count). The number of benzene rings is 2. The summed E-state index contributed by atoms with van der Waals surface area (Å²) in [5, 5.41) is 1.44. The van der Waals surface area contributed by atoms with Crippen molar-refractivity contribution in [1.29, 1.82) is 0 Å². The van der Waals surface area contributed by atoms with Crippen molar-refractivity contribution in [3.63, 3.8) is 0 Å². The first-order valence-electron chi connectivity index (χ1n) is 10.7. The molecular weight excluding hydrogens is 386 g/mol. The number of fused-ring (bicyclic) bond motifs is 1. The number of hydrogen-bond donors (Lipinski definition) is 1. The Labute approximate surface area is 172 Å². The smallest absolute Gasteiger partial charge is 0.243 e. The van der Waals surface area contributed by atoms with Crippen LogP contribution < -0.4 is 9.46 Å². The van der Waals surface area contributed by atoms with E-state index in [1.165, 1.54) is 32.1 Å². The first-order valence-corrected chi connectivity index (χ1v) is 12.2. The fourth-order valence-corrected chi connectivity index (χ4v) is 7.63. The zero-order chi connectivity index (χ0) is 20.2. The van der Waals surface area contributed by atoms with E-state index in [2.05, 4.69) is 4.72 Å². The predicted molar refractivity (Wildman–Crippen MR) is 112 cm³/mol. The molecule has 4 fully saturated rings. The van der Waals surface area contributed by atoms with Crippen molar-refractivity contribution in [3.05, 3.63) is 36.4 Å². The first kappa shape index (κ1) is 19.3. The summed E-state index contributed by atoms with van der Waals surface area (Å²) in [6.07, 6.45) is 6.03. The fourth-order valence-electron chi connectivity index (χ4n) is 6.30. The maximum absolute atomic E-state index is 13.2. The molecule has 4 saturated carbocycles. The van der Waals surface area contributed by atoms with Crippen LogP contribution in [0.1, 0.15) is 39.0 Å². The van der Waals surface area contributed by atoms with Crippen molar-refractivity contribution in [2.24, 2.45) is 23.7 Å². The Morgan fingerprint density at radius 1 is 0.931 bits per heavy atom. The van der Waals surface area contributed by atoms with Crippen LogP contribution in [0.3, 0.4) is 0 Å². The average Bonchev–Trinajstić information content (AvgIpc) is 2.69. The molecule has 29 heavy (non-hydrogen) atoms. The predicted octanol–water partition coefficient (Wildman–Crippen LogP) is 4.31. The third kappa shape index (κ3) is 3.45. The molecule has 0 aliphatic heterocycles. The standard InChI is InChI=1S/C23H29NO4S/c1-14(28-23-17-10-15-9-16(12-17)13-18(23)11-15)24-29(25,26)22-8-7-21(27-2)19-5-3-4-6-20(19)22/h3-8,14-18,23-24H,9-13H2,1-2H3. The molecule has 1 N–H and O–H groups in total. The molecule has 5 nitrogen and oxygen atoms in total. The van der Waals surface area contributed by atoms with E-state index in [0.717, 1.165) is 17.2 Å². The van der Waals surface area contributed by atoms with E-state index >= 15 is 0 Å². The SMILES string of the molecule is COc1ccc(S(=O)(=O)NC(C)OC2C3CC4CC(C3)CC2C4)c2ccccc12. The Morgan fingerprint density at radius 3 is 2.17 bits per heavy atom. The highest BCUT2D eigenvalue weighted by molar-refractivity contribution is 7.89. The molecule has 2 aromatic carbocycles. The summed E-state index contributed by atoms with van der Waals surface area (Å²) >= 11 is 0. The van der Waals surface area contributed by atoms with Gasteiger partial charge < -0.3 is 9.47 Å². The molecule has 2 aromatic rings. The number of ether oxygens (including phenoxy) is 2. The lowest BCUT2D eigenvalue weighted by Gasteiger charge is -2.54. The van der Waals surface area contributed by atoms with Crippen molar-refractivity contribution in [3.8, 4) is 5.75 Å². The number of methoxy groups -OCH3 is 1. The molecule has 0 aromatic heterocycles. The van der Waals surface area contributed by atoms with Crippen molar-refractivity contribution in [2.45, 2.75) is 56.3 Å². The molecule has 0 saturated heterocycles. The van der Waals surface area contributed by atoms with Crippen LogP contribution in [0.15, 0.2) is 41.3 Å². The molecule has 156 valence electrons. The van der Waals surface area contributed by atoms with E-state index in [0.29, 0.717) is 23.0 Å². The normalized spacial score (nSPS) is 31.9. The summed E-state index contributed by atoms with van der Waals surface area (Å²) in [5.74, 6) is 3.60. The van der Waals surface area contributed by atoms with Gasteiger partial charge in [-0.1, -0.05) is 24.3 Å². The summed E-state index contributed by atoms with van der Waals surface area (Å²) in [4.78, 5) is 0.259. The number of hydrogen-bond acceptors (Lipinski definition) is 4. The maximum atomic E-state index is 13.2. The molecule has 1 unspecified atom stereocenters. The minimum absolute atomic E-state index is 0.188. The third-order valence-electron chi connectivity index (χ3n) is 7.18. The van der Waals surface area contributed by atoms with Crippen LogP contribution in [-0.2, 0) is 14.8 Å². The fraction of sp³-hybridized carbons (Fsp3) is 0.565. The quantitative estimate of drug-likeness (QED) is 0.714. The van der Waals surface area contributed by atoms with Gasteiger partial charge >= 0.3 is 0 Å². The molecule has 4 bridgehead atoms. The van der Waals surface area contributed by atoms with Crippen molar-refractivity contribution < 1.29 is 17.9 Å². The minimum Gasteiger partial charge on any atom is -0.496 e. The van der Waals surface area contributed by atoms with Gasteiger partial charge in [-0.2, -0.15) is 4.72 Å². The van der Waals surface area contributed by atoms with Gasteiger partial charge in [-0.05, 0) is 74.8 Å². The summed E-state index contributed by atoms with van der Waals surface area (Å²) < 4.78 is 40.8. The monoisotopic (exact) mass is 415 g/mol. The van der Waals surface area contributed by atoms with Gasteiger partial charge in [0.25, 0.3) is 0 Å². The van der Waals surface area contributed by atoms with Gasteiger partial charge in [0.2, 0.25) is 10.0 Å². The highest BCUT2D eigenvalue weighted by Gasteiger charge is 2.49. The number of sulfonamides is 1. The topological polar surface area (TPSA) is 64.6 Å². The second kappa shape index (κ2) is 7.25. The molecule has 0 heterocycles. The Balaban J connectivity index is 1.36. The Morgan fingerprint density at radius 2 is 1.55 bits per heavy atom. The van der Waals surface area contributed by atoms with E-state index < -0.39 is 16.3 Å². The van der Waals surface area contributed by atoms with E-state index in [1.807, 2.05) is 31.2 Å². The molecule has 0 amide bonds. The highest BCUT2D eigenvalue weighted by Crippen LogP contribution is 2.54. The molecule has 0 spiro atoms. The summed E-state index contributed by atoms with van der Waals surface area (Å²) in [5.41, 5.74) is 0. The lowest BCUT2D eigenvalue weighted by Crippen LogP contribution is -2.52. The van der Waals surface area contributed by atoms with Crippen molar-refractivity contribution in [2.75, 3.05) is 7.11 Å². The molecule has 0 radical (unpaired) electrons. The second-order valence-corrected chi connectivity index (χ2v) is 10.8. The van der Waals surface area contributed by atoms with Crippen LogP contribution >= 0.6 is 0 Å². The lowest BCUT2D eigenvalue weighted by atomic mass is 9.55. The zero-order valence-corrected chi connectivity index (χ0v) is 17.8. The number of nitrogens with one attached hydrogen (secondary N) is 1. The van der Waals surface area contributed by atoms with Gasteiger partial charge in [0.1, 0.15) is 12.0 Å². The van der Waals surface area contributed by atoms with Crippen LogP contribution in [0.4, 0.5) is 0 Å². The first-order chi connectivity index (χ1) is 13.9. The molecule has 1 atom stereocenters. The molecular formula is C23H29NO4S. The van der Waals surface area contributed by atoms with Crippen molar-refractivity contribution >= 4 is 20.8 Å². The van der Waals surface area contributed by atoms with Gasteiger partial charge in [-0.25, -0.2) is 8.42 Å². The van der Waals surface area contributed by atoms with Crippen molar-refractivity contribution in [1.82, 2.24) is 4.72 Å². The number of rotatable bonds is 6.